The zero-order chi connectivity index (χ0) is 11.1. The highest BCUT2D eigenvalue weighted by Gasteiger charge is 2.07. The van der Waals surface area contributed by atoms with E-state index in [2.05, 4.69) is 14.8 Å². The number of aromatic nitrogens is 3. The first-order valence-corrected chi connectivity index (χ1v) is 4.97. The molecule has 0 fully saturated rings. The van der Waals surface area contributed by atoms with E-state index in [4.69, 9.17) is 18.2 Å². The zero-order valence-electron chi connectivity index (χ0n) is 8.05. The van der Waals surface area contributed by atoms with Crippen molar-refractivity contribution >= 4 is 34.0 Å². The Balaban J connectivity index is 2.54. The summed E-state index contributed by atoms with van der Waals surface area (Å²) in [7, 11) is 0. The van der Waals surface area contributed by atoms with Gasteiger partial charge in [0.1, 0.15) is 0 Å². The van der Waals surface area contributed by atoms with E-state index in [-0.39, 0.29) is 0 Å². The van der Waals surface area contributed by atoms with Gasteiger partial charge in [0.2, 0.25) is 0 Å². The molecular formula is C11H5ClN4. The minimum atomic E-state index is 0.347. The maximum Gasteiger partial charge on any atom is 0.189 e. The van der Waals surface area contributed by atoms with Gasteiger partial charge in [0.15, 0.2) is 16.5 Å². The first-order valence-electron chi connectivity index (χ1n) is 4.59. The van der Waals surface area contributed by atoms with Gasteiger partial charge in [0, 0.05) is 12.4 Å². The fraction of sp³-hybridized carbons (Fsp3) is 0. The van der Waals surface area contributed by atoms with E-state index < -0.39 is 0 Å². The number of fused-ring (bicyclic) bond motifs is 3. The van der Waals surface area contributed by atoms with Crippen LogP contribution in [0.3, 0.4) is 0 Å². The molecule has 0 amide bonds. The van der Waals surface area contributed by atoms with Gasteiger partial charge in [-0.15, -0.1) is 0 Å². The highest BCUT2D eigenvalue weighted by Crippen LogP contribution is 2.24. The summed E-state index contributed by atoms with van der Waals surface area (Å²) >= 11 is 6.00. The molecule has 3 aromatic rings. The lowest BCUT2D eigenvalue weighted by molar-refractivity contribution is 1.21. The molecule has 0 radical (unpaired) electrons. The first kappa shape index (κ1) is 9.13. The minimum absolute atomic E-state index is 0.347. The summed E-state index contributed by atoms with van der Waals surface area (Å²) < 4.78 is 1.86. The maximum absolute atomic E-state index is 6.95. The van der Waals surface area contributed by atoms with Crippen LogP contribution < -0.4 is 0 Å². The third-order valence-corrected chi connectivity index (χ3v) is 2.65. The molecule has 0 aliphatic heterocycles. The highest BCUT2D eigenvalue weighted by molar-refractivity contribution is 6.32. The van der Waals surface area contributed by atoms with Crippen LogP contribution >= 0.6 is 11.6 Å². The molecule has 5 heteroatoms. The van der Waals surface area contributed by atoms with Crippen LogP contribution in [0.2, 0.25) is 5.15 Å². The molecule has 0 aliphatic carbocycles. The Hall–Kier alpha value is -2.12. The van der Waals surface area contributed by atoms with E-state index in [1.165, 1.54) is 0 Å². The van der Waals surface area contributed by atoms with Crippen LogP contribution in [-0.4, -0.2) is 14.4 Å². The van der Waals surface area contributed by atoms with E-state index in [0.29, 0.717) is 22.0 Å². The molecule has 0 unspecified atom stereocenters. The second-order valence-electron chi connectivity index (χ2n) is 3.31. The number of hydrogen-bond donors (Lipinski definition) is 0. The molecule has 0 aliphatic rings. The summed E-state index contributed by atoms with van der Waals surface area (Å²) in [4.78, 5) is 11.7. The van der Waals surface area contributed by atoms with Gasteiger partial charge in [-0.2, -0.15) is 0 Å². The van der Waals surface area contributed by atoms with Gasteiger partial charge in [-0.05, 0) is 12.1 Å². The van der Waals surface area contributed by atoms with Gasteiger partial charge in [-0.1, -0.05) is 17.7 Å². The summed E-state index contributed by atoms with van der Waals surface area (Å²) in [5, 5.41) is 0.347. The third kappa shape index (κ3) is 1.16. The van der Waals surface area contributed by atoms with Crippen molar-refractivity contribution in [2.24, 2.45) is 0 Å². The number of rotatable bonds is 0. The molecule has 16 heavy (non-hydrogen) atoms. The third-order valence-electron chi connectivity index (χ3n) is 2.39. The van der Waals surface area contributed by atoms with Crippen molar-refractivity contribution in [3.63, 3.8) is 0 Å². The molecule has 1 aromatic carbocycles. The van der Waals surface area contributed by atoms with Crippen LogP contribution in [0.5, 0.6) is 0 Å². The van der Waals surface area contributed by atoms with Crippen LogP contribution in [0, 0.1) is 6.57 Å². The van der Waals surface area contributed by atoms with Gasteiger partial charge in [0.25, 0.3) is 0 Å². The Bertz CT molecular complexity index is 739. The smallest absolute Gasteiger partial charge is 0.189 e. The molecule has 76 valence electrons. The minimum Gasteiger partial charge on any atom is -0.296 e. The lowest BCUT2D eigenvalue weighted by Gasteiger charge is -2.03. The van der Waals surface area contributed by atoms with E-state index in [1.54, 1.807) is 18.3 Å². The fourth-order valence-electron chi connectivity index (χ4n) is 1.68. The van der Waals surface area contributed by atoms with E-state index in [0.717, 1.165) is 5.52 Å². The molecule has 0 spiro atoms. The quantitative estimate of drug-likeness (QED) is 0.554. The van der Waals surface area contributed by atoms with Gasteiger partial charge in [0.05, 0.1) is 17.6 Å². The standard InChI is InChI=1S/C11H5ClN4/c1-13-7-2-3-9-8(6-7)15-10(12)11-14-4-5-16(9)11/h2-6H. The Morgan fingerprint density at radius 3 is 3.06 bits per heavy atom. The number of imidazole rings is 1. The van der Waals surface area contributed by atoms with Crippen LogP contribution in [0.25, 0.3) is 21.5 Å². The van der Waals surface area contributed by atoms with E-state index in [9.17, 15) is 0 Å². The molecular weight excluding hydrogens is 224 g/mol. The lowest BCUT2D eigenvalue weighted by Crippen LogP contribution is -1.91. The van der Waals surface area contributed by atoms with Crippen molar-refractivity contribution in [2.75, 3.05) is 0 Å². The van der Waals surface area contributed by atoms with Gasteiger partial charge in [-0.25, -0.2) is 14.8 Å². The molecule has 0 bridgehead atoms. The first-order chi connectivity index (χ1) is 7.79. The number of benzene rings is 1. The van der Waals surface area contributed by atoms with Crippen molar-refractivity contribution in [3.05, 3.63) is 47.2 Å². The Morgan fingerprint density at radius 2 is 2.25 bits per heavy atom. The molecule has 0 saturated heterocycles. The molecule has 0 atom stereocenters. The summed E-state index contributed by atoms with van der Waals surface area (Å²) in [5.41, 5.74) is 2.77. The summed E-state index contributed by atoms with van der Waals surface area (Å²) in [6, 6.07) is 5.32. The van der Waals surface area contributed by atoms with Crippen molar-refractivity contribution in [2.45, 2.75) is 0 Å². The fourth-order valence-corrected chi connectivity index (χ4v) is 1.91. The van der Waals surface area contributed by atoms with E-state index >= 15 is 0 Å². The molecule has 2 heterocycles. The number of halogens is 1. The number of hydrogen-bond acceptors (Lipinski definition) is 2. The SMILES string of the molecule is [C-]#[N+]c1ccc2c(c1)nc(Cl)c1nccn12. The highest BCUT2D eigenvalue weighted by atomic mass is 35.5. The zero-order valence-corrected chi connectivity index (χ0v) is 8.81. The van der Waals surface area contributed by atoms with E-state index in [1.807, 2.05) is 16.7 Å². The monoisotopic (exact) mass is 228 g/mol. The Labute approximate surface area is 95.9 Å². The summed E-state index contributed by atoms with van der Waals surface area (Å²) in [6.07, 6.45) is 3.49. The average molecular weight is 229 g/mol. The predicted octanol–water partition coefficient (Wildman–Crippen LogP) is 3.09. The van der Waals surface area contributed by atoms with Crippen molar-refractivity contribution in [1.29, 1.82) is 0 Å². The van der Waals surface area contributed by atoms with Gasteiger partial charge < -0.3 is 0 Å². The topological polar surface area (TPSA) is 34.5 Å². The molecule has 4 nitrogen and oxygen atoms in total. The molecule has 0 saturated carbocycles. The van der Waals surface area contributed by atoms with Gasteiger partial charge >= 0.3 is 0 Å². The normalized spacial score (nSPS) is 10.8. The second-order valence-corrected chi connectivity index (χ2v) is 3.67. The average Bonchev–Trinajstić information content (AvgIpc) is 2.78. The van der Waals surface area contributed by atoms with Crippen molar-refractivity contribution in [1.82, 2.24) is 14.4 Å². The van der Waals surface area contributed by atoms with Crippen LogP contribution in [0.15, 0.2) is 30.6 Å². The van der Waals surface area contributed by atoms with Crippen LogP contribution in [-0.2, 0) is 0 Å². The molecule has 2 aromatic heterocycles. The molecule has 3 rings (SSSR count). The predicted molar refractivity (Wildman–Crippen MR) is 61.8 cm³/mol. The lowest BCUT2D eigenvalue weighted by atomic mass is 10.2. The molecule has 0 N–H and O–H groups in total. The Kier molecular flexibility index (Phi) is 1.82. The van der Waals surface area contributed by atoms with Crippen LogP contribution in [0.1, 0.15) is 0 Å². The maximum atomic E-state index is 6.95. The summed E-state index contributed by atoms with van der Waals surface area (Å²) in [6.45, 7) is 6.95. The van der Waals surface area contributed by atoms with Gasteiger partial charge in [-0.3, -0.25) is 4.40 Å². The van der Waals surface area contributed by atoms with Crippen molar-refractivity contribution < 1.29 is 0 Å². The van der Waals surface area contributed by atoms with Crippen LogP contribution in [0.4, 0.5) is 5.69 Å². The largest absolute Gasteiger partial charge is 0.296 e. The van der Waals surface area contributed by atoms with Crippen molar-refractivity contribution in [3.8, 4) is 0 Å². The summed E-state index contributed by atoms with van der Waals surface area (Å²) in [5.74, 6) is 0. The number of nitrogens with zero attached hydrogens (tertiary/aromatic N) is 4. The second kappa shape index (κ2) is 3.19. The Morgan fingerprint density at radius 1 is 1.38 bits per heavy atom.